The quantitative estimate of drug-likeness (QED) is 0.878. The van der Waals surface area contributed by atoms with Crippen LogP contribution >= 0.6 is 27.5 Å². The largest absolute Gasteiger partial charge is 0.380 e. The molecule has 19 heavy (non-hydrogen) atoms. The van der Waals surface area contributed by atoms with Gasteiger partial charge < -0.3 is 5.32 Å². The third-order valence-electron chi connectivity index (χ3n) is 2.60. The third-order valence-corrected chi connectivity index (χ3v) is 3.61. The topological polar surface area (TPSA) is 35.8 Å². The van der Waals surface area contributed by atoms with E-state index in [2.05, 4.69) is 21.2 Å². The second-order valence-corrected chi connectivity index (χ2v) is 5.15. The van der Waals surface area contributed by atoms with Crippen LogP contribution in [0.2, 0.25) is 5.02 Å². The van der Waals surface area contributed by atoms with Crippen LogP contribution in [0, 0.1) is 17.1 Å². The monoisotopic (exact) mass is 338 g/mol. The predicted octanol–water partition coefficient (Wildman–Crippen LogP) is 4.73. The molecule has 0 saturated heterocycles. The van der Waals surface area contributed by atoms with E-state index in [1.807, 2.05) is 18.2 Å². The van der Waals surface area contributed by atoms with Crippen LogP contribution in [0.5, 0.6) is 0 Å². The van der Waals surface area contributed by atoms with E-state index in [1.165, 1.54) is 6.07 Å². The van der Waals surface area contributed by atoms with Gasteiger partial charge in [-0.3, -0.25) is 0 Å². The van der Waals surface area contributed by atoms with E-state index in [9.17, 15) is 4.39 Å². The lowest BCUT2D eigenvalue weighted by atomic mass is 10.1. The second kappa shape index (κ2) is 6.05. The molecular weight excluding hydrogens is 331 g/mol. The average molecular weight is 340 g/mol. The van der Waals surface area contributed by atoms with Crippen molar-refractivity contribution in [1.82, 2.24) is 0 Å². The summed E-state index contributed by atoms with van der Waals surface area (Å²) in [4.78, 5) is 0. The van der Waals surface area contributed by atoms with Crippen molar-refractivity contribution in [2.45, 2.75) is 6.54 Å². The van der Waals surface area contributed by atoms with Gasteiger partial charge in [-0.2, -0.15) is 5.26 Å². The molecule has 0 aromatic heterocycles. The van der Waals surface area contributed by atoms with Gasteiger partial charge in [-0.1, -0.05) is 33.6 Å². The molecule has 2 rings (SSSR count). The Kier molecular flexibility index (Phi) is 4.41. The Hall–Kier alpha value is -1.57. The first-order valence-electron chi connectivity index (χ1n) is 5.48. The first-order chi connectivity index (χ1) is 9.11. The molecule has 0 aliphatic heterocycles. The van der Waals surface area contributed by atoms with Gasteiger partial charge in [-0.25, -0.2) is 4.39 Å². The van der Waals surface area contributed by atoms with E-state index in [0.29, 0.717) is 17.3 Å². The number of benzene rings is 2. The van der Waals surface area contributed by atoms with Gasteiger partial charge in [0.25, 0.3) is 0 Å². The van der Waals surface area contributed by atoms with E-state index in [-0.39, 0.29) is 5.56 Å². The van der Waals surface area contributed by atoms with Crippen molar-refractivity contribution in [3.8, 4) is 6.07 Å². The lowest BCUT2D eigenvalue weighted by Gasteiger charge is -2.10. The molecule has 0 fully saturated rings. The number of rotatable bonds is 3. The van der Waals surface area contributed by atoms with Gasteiger partial charge in [0.2, 0.25) is 0 Å². The van der Waals surface area contributed by atoms with Gasteiger partial charge in [0, 0.05) is 16.0 Å². The van der Waals surface area contributed by atoms with Crippen LogP contribution in [0.25, 0.3) is 0 Å². The highest BCUT2D eigenvalue weighted by molar-refractivity contribution is 9.10. The lowest BCUT2D eigenvalue weighted by Crippen LogP contribution is -2.03. The van der Waals surface area contributed by atoms with Gasteiger partial charge >= 0.3 is 0 Å². The zero-order valence-corrected chi connectivity index (χ0v) is 12.1. The van der Waals surface area contributed by atoms with Crippen LogP contribution in [0.1, 0.15) is 11.1 Å². The Labute approximate surface area is 123 Å². The molecule has 0 aliphatic rings. The Morgan fingerprint density at radius 1 is 1.32 bits per heavy atom. The third kappa shape index (κ3) is 3.25. The van der Waals surface area contributed by atoms with Crippen LogP contribution in [-0.4, -0.2) is 0 Å². The highest BCUT2D eigenvalue weighted by Crippen LogP contribution is 2.24. The van der Waals surface area contributed by atoms with Crippen molar-refractivity contribution >= 4 is 33.2 Å². The number of nitrogens with zero attached hydrogens (tertiary/aromatic N) is 1. The fourth-order valence-electron chi connectivity index (χ4n) is 1.65. The molecule has 5 heteroatoms. The van der Waals surface area contributed by atoms with Crippen molar-refractivity contribution in [1.29, 1.82) is 5.26 Å². The highest BCUT2D eigenvalue weighted by atomic mass is 79.9. The number of halogens is 3. The van der Waals surface area contributed by atoms with Crippen LogP contribution in [-0.2, 0) is 6.54 Å². The van der Waals surface area contributed by atoms with Crippen LogP contribution in [0.15, 0.2) is 40.9 Å². The van der Waals surface area contributed by atoms with Gasteiger partial charge in [-0.05, 0) is 35.9 Å². The summed E-state index contributed by atoms with van der Waals surface area (Å²) >= 11 is 9.34. The van der Waals surface area contributed by atoms with E-state index < -0.39 is 5.82 Å². The zero-order chi connectivity index (χ0) is 13.8. The molecule has 0 amide bonds. The fourth-order valence-corrected chi connectivity index (χ4v) is 2.24. The number of hydrogen-bond acceptors (Lipinski definition) is 2. The minimum atomic E-state index is -0.530. The van der Waals surface area contributed by atoms with Crippen molar-refractivity contribution in [2.75, 3.05) is 5.32 Å². The van der Waals surface area contributed by atoms with E-state index in [4.69, 9.17) is 16.9 Å². The molecule has 2 nitrogen and oxygen atoms in total. The van der Waals surface area contributed by atoms with Crippen molar-refractivity contribution < 1.29 is 4.39 Å². The molecule has 96 valence electrons. The summed E-state index contributed by atoms with van der Waals surface area (Å²) in [5.74, 6) is -0.530. The Morgan fingerprint density at radius 2 is 2.11 bits per heavy atom. The molecule has 0 radical (unpaired) electrons. The summed E-state index contributed by atoms with van der Waals surface area (Å²) in [6.45, 7) is 0.444. The first-order valence-corrected chi connectivity index (χ1v) is 6.65. The standard InChI is InChI=1S/C14H9BrClFN2/c15-12-5-4-10(16)6-9(12)8-19-14-3-1-2-13(17)11(14)7-18/h1-6,19H,8H2. The van der Waals surface area contributed by atoms with Gasteiger partial charge in [-0.15, -0.1) is 0 Å². The average Bonchev–Trinajstić information content (AvgIpc) is 2.40. The summed E-state index contributed by atoms with van der Waals surface area (Å²) in [7, 11) is 0. The van der Waals surface area contributed by atoms with E-state index in [0.717, 1.165) is 10.0 Å². The maximum atomic E-state index is 13.4. The molecule has 0 heterocycles. The van der Waals surface area contributed by atoms with Crippen LogP contribution < -0.4 is 5.32 Å². The summed E-state index contributed by atoms with van der Waals surface area (Å²) < 4.78 is 14.3. The Balaban J connectivity index is 2.22. The molecule has 0 saturated carbocycles. The molecule has 2 aromatic carbocycles. The molecular formula is C14H9BrClFN2. The zero-order valence-electron chi connectivity index (χ0n) is 9.75. The second-order valence-electron chi connectivity index (χ2n) is 3.86. The smallest absolute Gasteiger partial charge is 0.143 e. The predicted molar refractivity (Wildman–Crippen MR) is 77.6 cm³/mol. The minimum absolute atomic E-state index is 0.0145. The number of anilines is 1. The van der Waals surface area contributed by atoms with Gasteiger partial charge in [0.15, 0.2) is 0 Å². The van der Waals surface area contributed by atoms with Crippen molar-refractivity contribution in [2.24, 2.45) is 0 Å². The maximum Gasteiger partial charge on any atom is 0.143 e. The molecule has 0 atom stereocenters. The maximum absolute atomic E-state index is 13.4. The highest BCUT2D eigenvalue weighted by Gasteiger charge is 2.08. The molecule has 0 spiro atoms. The van der Waals surface area contributed by atoms with Crippen molar-refractivity contribution in [3.05, 3.63) is 62.8 Å². The van der Waals surface area contributed by atoms with Crippen molar-refractivity contribution in [3.63, 3.8) is 0 Å². The molecule has 0 aliphatic carbocycles. The number of nitrogens with one attached hydrogen (secondary N) is 1. The summed E-state index contributed by atoms with van der Waals surface area (Å²) in [5, 5.41) is 12.6. The van der Waals surface area contributed by atoms with E-state index in [1.54, 1.807) is 18.2 Å². The molecule has 0 bridgehead atoms. The summed E-state index contributed by atoms with van der Waals surface area (Å²) in [6, 6.07) is 11.8. The lowest BCUT2D eigenvalue weighted by molar-refractivity contribution is 0.624. The Morgan fingerprint density at radius 3 is 2.84 bits per heavy atom. The molecule has 1 N–H and O–H groups in total. The number of hydrogen-bond donors (Lipinski definition) is 1. The van der Waals surface area contributed by atoms with E-state index >= 15 is 0 Å². The van der Waals surface area contributed by atoms with Crippen LogP contribution in [0.3, 0.4) is 0 Å². The molecule has 2 aromatic rings. The number of nitriles is 1. The fraction of sp³-hybridized carbons (Fsp3) is 0.0714. The Bertz CT molecular complexity index is 652. The first kappa shape index (κ1) is 13.9. The normalized spacial score (nSPS) is 10.0. The minimum Gasteiger partial charge on any atom is -0.380 e. The van der Waals surface area contributed by atoms with Crippen LogP contribution in [0.4, 0.5) is 10.1 Å². The SMILES string of the molecule is N#Cc1c(F)cccc1NCc1cc(Cl)ccc1Br. The molecule has 0 unspecified atom stereocenters. The summed E-state index contributed by atoms with van der Waals surface area (Å²) in [6.07, 6.45) is 0. The van der Waals surface area contributed by atoms with Gasteiger partial charge in [0.1, 0.15) is 17.4 Å². The van der Waals surface area contributed by atoms with Gasteiger partial charge in [0.05, 0.1) is 5.69 Å². The summed E-state index contributed by atoms with van der Waals surface area (Å²) in [5.41, 5.74) is 1.41.